The lowest BCUT2D eigenvalue weighted by Gasteiger charge is -2.08. The first-order chi connectivity index (χ1) is 8.29. The van der Waals surface area contributed by atoms with Gasteiger partial charge in [-0.15, -0.1) is 0 Å². The highest BCUT2D eigenvalue weighted by Gasteiger charge is 2.00. The van der Waals surface area contributed by atoms with E-state index in [1.807, 2.05) is 31.2 Å². The van der Waals surface area contributed by atoms with Crippen molar-refractivity contribution in [1.29, 1.82) is 0 Å². The molecule has 0 saturated heterocycles. The Bertz CT molecular complexity index is 523. The highest BCUT2D eigenvalue weighted by atomic mass is 16.5. The van der Waals surface area contributed by atoms with Gasteiger partial charge in [0.05, 0.1) is 0 Å². The van der Waals surface area contributed by atoms with E-state index in [0.29, 0.717) is 12.2 Å². The standard InChI is InChI=1S/C14H13NO2/c1-11-4-2-3-5-14(11)17-10-13-6-12(9-16)7-15-8-13/h2-9H,10H2,1H3. The van der Waals surface area contributed by atoms with Gasteiger partial charge in [0.15, 0.2) is 6.29 Å². The molecular formula is C14H13NO2. The molecule has 0 amide bonds. The van der Waals surface area contributed by atoms with Crippen molar-refractivity contribution >= 4 is 6.29 Å². The smallest absolute Gasteiger partial charge is 0.151 e. The molecule has 0 aliphatic rings. The molecule has 0 N–H and O–H groups in total. The Hall–Kier alpha value is -2.16. The van der Waals surface area contributed by atoms with Crippen molar-refractivity contribution in [3.05, 3.63) is 59.4 Å². The highest BCUT2D eigenvalue weighted by molar-refractivity contribution is 5.74. The molecule has 3 nitrogen and oxygen atoms in total. The van der Waals surface area contributed by atoms with E-state index in [2.05, 4.69) is 4.98 Å². The van der Waals surface area contributed by atoms with Gasteiger partial charge in [-0.1, -0.05) is 18.2 Å². The fourth-order valence-corrected chi connectivity index (χ4v) is 1.53. The number of para-hydroxylation sites is 1. The van der Waals surface area contributed by atoms with Crippen molar-refractivity contribution in [2.24, 2.45) is 0 Å². The third kappa shape index (κ3) is 2.91. The lowest BCUT2D eigenvalue weighted by Crippen LogP contribution is -1.98. The van der Waals surface area contributed by atoms with Gasteiger partial charge in [-0.05, 0) is 24.6 Å². The maximum absolute atomic E-state index is 10.6. The SMILES string of the molecule is Cc1ccccc1OCc1cncc(C=O)c1. The molecule has 3 heteroatoms. The normalized spacial score (nSPS) is 9.94. The molecule has 0 bridgehead atoms. The third-order valence-electron chi connectivity index (χ3n) is 2.44. The second kappa shape index (κ2) is 5.25. The van der Waals surface area contributed by atoms with Crippen LogP contribution in [0, 0.1) is 6.92 Å². The van der Waals surface area contributed by atoms with Gasteiger partial charge < -0.3 is 4.74 Å². The molecule has 17 heavy (non-hydrogen) atoms. The third-order valence-corrected chi connectivity index (χ3v) is 2.44. The van der Waals surface area contributed by atoms with Crippen LogP contribution in [-0.2, 0) is 6.61 Å². The Kier molecular flexibility index (Phi) is 3.50. The van der Waals surface area contributed by atoms with E-state index in [4.69, 9.17) is 4.74 Å². The number of hydrogen-bond acceptors (Lipinski definition) is 3. The molecule has 0 radical (unpaired) electrons. The molecule has 0 fully saturated rings. The molecule has 0 aliphatic carbocycles. The molecule has 86 valence electrons. The molecule has 0 aliphatic heterocycles. The number of pyridine rings is 1. The maximum atomic E-state index is 10.6. The van der Waals surface area contributed by atoms with Crippen molar-refractivity contribution in [3.63, 3.8) is 0 Å². The van der Waals surface area contributed by atoms with Gasteiger partial charge in [-0.3, -0.25) is 9.78 Å². The molecule has 0 saturated carbocycles. The fourth-order valence-electron chi connectivity index (χ4n) is 1.53. The number of nitrogens with zero attached hydrogens (tertiary/aromatic N) is 1. The number of benzene rings is 1. The number of rotatable bonds is 4. The van der Waals surface area contributed by atoms with Crippen molar-refractivity contribution in [2.45, 2.75) is 13.5 Å². The van der Waals surface area contributed by atoms with Gasteiger partial charge in [-0.25, -0.2) is 0 Å². The number of carbonyl (C=O) groups excluding carboxylic acids is 1. The van der Waals surface area contributed by atoms with Gasteiger partial charge in [-0.2, -0.15) is 0 Å². The lowest BCUT2D eigenvalue weighted by molar-refractivity contribution is 0.112. The second-order valence-corrected chi connectivity index (χ2v) is 3.80. The van der Waals surface area contributed by atoms with Crippen LogP contribution in [0.5, 0.6) is 5.75 Å². The quantitative estimate of drug-likeness (QED) is 0.754. The molecule has 0 spiro atoms. The topological polar surface area (TPSA) is 39.2 Å². The Morgan fingerprint density at radius 1 is 1.29 bits per heavy atom. The maximum Gasteiger partial charge on any atom is 0.151 e. The monoisotopic (exact) mass is 227 g/mol. The van der Waals surface area contributed by atoms with Crippen LogP contribution < -0.4 is 4.74 Å². The van der Waals surface area contributed by atoms with Crippen LogP contribution in [-0.4, -0.2) is 11.3 Å². The van der Waals surface area contributed by atoms with Crippen LogP contribution in [0.15, 0.2) is 42.7 Å². The minimum Gasteiger partial charge on any atom is -0.489 e. The van der Waals surface area contributed by atoms with Gasteiger partial charge in [0, 0.05) is 23.5 Å². The fraction of sp³-hybridized carbons (Fsp3) is 0.143. The number of aldehydes is 1. The number of carbonyl (C=O) groups is 1. The number of aryl methyl sites for hydroxylation is 1. The van der Waals surface area contributed by atoms with E-state index in [9.17, 15) is 4.79 Å². The molecule has 0 unspecified atom stereocenters. The summed E-state index contributed by atoms with van der Waals surface area (Å²) in [5, 5.41) is 0. The summed E-state index contributed by atoms with van der Waals surface area (Å²) in [6.07, 6.45) is 4.01. The summed E-state index contributed by atoms with van der Waals surface area (Å²) in [6, 6.07) is 9.60. The van der Waals surface area contributed by atoms with Crippen LogP contribution in [0.4, 0.5) is 0 Å². The summed E-state index contributed by atoms with van der Waals surface area (Å²) >= 11 is 0. The summed E-state index contributed by atoms with van der Waals surface area (Å²) in [5.41, 5.74) is 2.54. The largest absolute Gasteiger partial charge is 0.489 e. The van der Waals surface area contributed by atoms with Crippen LogP contribution in [0.3, 0.4) is 0 Å². The van der Waals surface area contributed by atoms with Crippen LogP contribution in [0.1, 0.15) is 21.5 Å². The Labute approximate surface area is 100 Å². The van der Waals surface area contributed by atoms with E-state index >= 15 is 0 Å². The van der Waals surface area contributed by atoms with E-state index in [0.717, 1.165) is 23.2 Å². The summed E-state index contributed by atoms with van der Waals surface area (Å²) in [6.45, 7) is 2.41. The number of aromatic nitrogens is 1. The van der Waals surface area contributed by atoms with Crippen molar-refractivity contribution in [3.8, 4) is 5.75 Å². The summed E-state index contributed by atoms with van der Waals surface area (Å²) in [7, 11) is 0. The first kappa shape index (κ1) is 11.3. The lowest BCUT2D eigenvalue weighted by atomic mass is 10.2. The molecule has 0 atom stereocenters. The predicted octanol–water partition coefficient (Wildman–Crippen LogP) is 2.78. The van der Waals surface area contributed by atoms with Crippen LogP contribution >= 0.6 is 0 Å². The average Bonchev–Trinajstić information content (AvgIpc) is 2.38. The summed E-state index contributed by atoms with van der Waals surface area (Å²) in [4.78, 5) is 14.6. The van der Waals surface area contributed by atoms with Gasteiger partial charge in [0.1, 0.15) is 12.4 Å². The first-order valence-corrected chi connectivity index (χ1v) is 5.37. The van der Waals surface area contributed by atoms with Crippen molar-refractivity contribution in [1.82, 2.24) is 4.98 Å². The Morgan fingerprint density at radius 3 is 2.88 bits per heavy atom. The Morgan fingerprint density at radius 2 is 2.12 bits per heavy atom. The van der Waals surface area contributed by atoms with E-state index < -0.39 is 0 Å². The number of ether oxygens (including phenoxy) is 1. The van der Waals surface area contributed by atoms with E-state index in [1.165, 1.54) is 6.20 Å². The molecular weight excluding hydrogens is 214 g/mol. The molecule has 1 aromatic carbocycles. The molecule has 1 heterocycles. The number of hydrogen-bond donors (Lipinski definition) is 0. The van der Waals surface area contributed by atoms with Gasteiger partial charge in [0.2, 0.25) is 0 Å². The van der Waals surface area contributed by atoms with Crippen molar-refractivity contribution < 1.29 is 9.53 Å². The van der Waals surface area contributed by atoms with E-state index in [1.54, 1.807) is 12.3 Å². The molecule has 2 rings (SSSR count). The summed E-state index contributed by atoms with van der Waals surface area (Å²) in [5.74, 6) is 0.851. The Balaban J connectivity index is 2.07. The van der Waals surface area contributed by atoms with E-state index in [-0.39, 0.29) is 0 Å². The average molecular weight is 227 g/mol. The summed E-state index contributed by atoms with van der Waals surface area (Å²) < 4.78 is 5.67. The van der Waals surface area contributed by atoms with Gasteiger partial charge in [0.25, 0.3) is 0 Å². The molecule has 2 aromatic rings. The van der Waals surface area contributed by atoms with Crippen LogP contribution in [0.25, 0.3) is 0 Å². The van der Waals surface area contributed by atoms with Crippen molar-refractivity contribution in [2.75, 3.05) is 0 Å². The first-order valence-electron chi connectivity index (χ1n) is 5.37. The predicted molar refractivity (Wildman–Crippen MR) is 65.1 cm³/mol. The minimum absolute atomic E-state index is 0.416. The zero-order valence-corrected chi connectivity index (χ0v) is 9.59. The van der Waals surface area contributed by atoms with Crippen LogP contribution in [0.2, 0.25) is 0 Å². The zero-order valence-electron chi connectivity index (χ0n) is 9.59. The minimum atomic E-state index is 0.416. The second-order valence-electron chi connectivity index (χ2n) is 3.80. The highest BCUT2D eigenvalue weighted by Crippen LogP contribution is 2.17. The zero-order chi connectivity index (χ0) is 12.1. The van der Waals surface area contributed by atoms with Gasteiger partial charge >= 0.3 is 0 Å². The molecule has 1 aromatic heterocycles.